The van der Waals surface area contributed by atoms with Crippen molar-refractivity contribution in [3.05, 3.63) is 89.5 Å². The molecule has 0 saturated carbocycles. The molecule has 36 heavy (non-hydrogen) atoms. The van der Waals surface area contributed by atoms with Crippen molar-refractivity contribution in [3.8, 4) is 16.9 Å². The topological polar surface area (TPSA) is 83.1 Å². The zero-order valence-corrected chi connectivity index (χ0v) is 20.1. The summed E-state index contributed by atoms with van der Waals surface area (Å²) in [5.74, 6) is -0.0265. The van der Waals surface area contributed by atoms with Crippen LogP contribution in [0, 0.1) is 0 Å². The zero-order valence-electron chi connectivity index (χ0n) is 20.1. The molecule has 7 heteroatoms. The second-order valence-electron chi connectivity index (χ2n) is 8.91. The van der Waals surface area contributed by atoms with Gasteiger partial charge in [-0.05, 0) is 52.8 Å². The van der Waals surface area contributed by atoms with Gasteiger partial charge in [0, 0.05) is 12.3 Å². The predicted octanol–water partition coefficient (Wildman–Crippen LogP) is 5.34. The van der Waals surface area contributed by atoms with Gasteiger partial charge in [-0.3, -0.25) is 0 Å². The number of esters is 1. The summed E-state index contributed by atoms with van der Waals surface area (Å²) >= 11 is 0. The second-order valence-corrected chi connectivity index (χ2v) is 8.91. The smallest absolute Gasteiger partial charge is 0.408 e. The van der Waals surface area contributed by atoms with Gasteiger partial charge in [0.1, 0.15) is 12.4 Å². The van der Waals surface area contributed by atoms with Crippen molar-refractivity contribution in [1.82, 2.24) is 5.32 Å². The molecule has 0 radical (unpaired) electrons. The van der Waals surface area contributed by atoms with E-state index >= 15 is 0 Å². The molecule has 2 atom stereocenters. The van der Waals surface area contributed by atoms with Crippen molar-refractivity contribution in [2.45, 2.75) is 37.5 Å². The van der Waals surface area contributed by atoms with Crippen molar-refractivity contribution in [2.75, 3.05) is 20.3 Å². The van der Waals surface area contributed by atoms with E-state index in [1.165, 1.54) is 7.11 Å². The highest BCUT2D eigenvalue weighted by molar-refractivity contribution is 5.83. The number of benzene rings is 3. The van der Waals surface area contributed by atoms with Crippen LogP contribution in [0.15, 0.2) is 72.8 Å². The van der Waals surface area contributed by atoms with Gasteiger partial charge in [0.15, 0.2) is 12.3 Å². The first kappa shape index (κ1) is 23.9. The third kappa shape index (κ3) is 5.06. The van der Waals surface area contributed by atoms with Gasteiger partial charge in [0.05, 0.1) is 13.7 Å². The van der Waals surface area contributed by atoms with Gasteiger partial charge < -0.3 is 24.3 Å². The molecule has 5 rings (SSSR count). The number of hydrogen-bond donors (Lipinski definition) is 1. The Morgan fingerprint density at radius 2 is 1.61 bits per heavy atom. The lowest BCUT2D eigenvalue weighted by atomic mass is 9.98. The van der Waals surface area contributed by atoms with Gasteiger partial charge in [0.2, 0.25) is 0 Å². The summed E-state index contributed by atoms with van der Waals surface area (Å²) in [4.78, 5) is 25.3. The van der Waals surface area contributed by atoms with Crippen molar-refractivity contribution in [1.29, 1.82) is 0 Å². The highest BCUT2D eigenvalue weighted by atomic mass is 16.7. The van der Waals surface area contributed by atoms with E-state index in [0.29, 0.717) is 17.9 Å². The van der Waals surface area contributed by atoms with Crippen LogP contribution in [0.1, 0.15) is 47.9 Å². The van der Waals surface area contributed by atoms with Crippen molar-refractivity contribution < 1.29 is 28.5 Å². The average Bonchev–Trinajstić information content (AvgIpc) is 3.25. The molecule has 1 saturated heterocycles. The van der Waals surface area contributed by atoms with Crippen LogP contribution in [0.4, 0.5) is 4.79 Å². The Balaban J connectivity index is 1.24. The maximum absolute atomic E-state index is 12.8. The number of carbonyl (C=O) groups excluding carboxylic acids is 2. The summed E-state index contributed by atoms with van der Waals surface area (Å²) < 4.78 is 22.0. The molecule has 3 aromatic carbocycles. The third-order valence-corrected chi connectivity index (χ3v) is 6.66. The lowest BCUT2D eigenvalue weighted by molar-refractivity contribution is -0.143. The maximum atomic E-state index is 12.8. The van der Waals surface area contributed by atoms with Crippen LogP contribution in [0.5, 0.6) is 5.75 Å². The van der Waals surface area contributed by atoms with Crippen LogP contribution in [0.3, 0.4) is 0 Å². The van der Waals surface area contributed by atoms with Crippen molar-refractivity contribution in [3.63, 3.8) is 0 Å². The molecule has 1 N–H and O–H groups in total. The molecule has 3 aromatic rings. The molecular formula is C29H29NO6. The standard InChI is InChI=1S/C29H29NO6/c1-33-28(31)27(19-13-15-20(16-14-19)36-26-12-6-7-17-34-26)30-29(32)35-18-25-23-10-4-2-8-21(23)22-9-3-5-11-24(22)25/h2-5,8-11,13-16,25-27H,6-7,12,17-18H2,1H3,(H,30,32)/t26?,27-/m1/s1. The molecule has 1 unspecified atom stereocenters. The number of ether oxygens (including phenoxy) is 4. The Morgan fingerprint density at radius 3 is 2.22 bits per heavy atom. The van der Waals surface area contributed by atoms with E-state index in [4.69, 9.17) is 18.9 Å². The highest BCUT2D eigenvalue weighted by Crippen LogP contribution is 2.44. The minimum atomic E-state index is -1.01. The lowest BCUT2D eigenvalue weighted by Gasteiger charge is -2.23. The molecule has 2 aliphatic rings. The van der Waals surface area contributed by atoms with Gasteiger partial charge in [-0.25, -0.2) is 9.59 Å². The van der Waals surface area contributed by atoms with E-state index in [9.17, 15) is 9.59 Å². The number of rotatable bonds is 7. The first-order valence-corrected chi connectivity index (χ1v) is 12.2. The minimum absolute atomic E-state index is 0.0711. The number of alkyl carbamates (subject to hydrolysis) is 1. The molecular weight excluding hydrogens is 458 g/mol. The third-order valence-electron chi connectivity index (χ3n) is 6.66. The van der Waals surface area contributed by atoms with Crippen LogP contribution < -0.4 is 10.1 Å². The Morgan fingerprint density at radius 1 is 0.944 bits per heavy atom. The number of methoxy groups -OCH3 is 1. The number of nitrogens with one attached hydrogen (secondary N) is 1. The first-order valence-electron chi connectivity index (χ1n) is 12.2. The van der Waals surface area contributed by atoms with Crippen LogP contribution in [-0.2, 0) is 19.0 Å². The van der Waals surface area contributed by atoms with E-state index in [1.807, 2.05) is 24.3 Å². The molecule has 1 aliphatic heterocycles. The van der Waals surface area contributed by atoms with Gasteiger partial charge in [-0.1, -0.05) is 60.7 Å². The Hall–Kier alpha value is -3.84. The molecule has 0 aromatic heterocycles. The minimum Gasteiger partial charge on any atom is -0.467 e. The highest BCUT2D eigenvalue weighted by Gasteiger charge is 2.30. The molecule has 1 aliphatic carbocycles. The summed E-state index contributed by atoms with van der Waals surface area (Å²) in [5, 5.41) is 2.66. The molecule has 0 spiro atoms. The molecule has 7 nitrogen and oxygen atoms in total. The Kier molecular flexibility index (Phi) is 7.18. The summed E-state index contributed by atoms with van der Waals surface area (Å²) in [5.41, 5.74) is 5.10. The summed E-state index contributed by atoms with van der Waals surface area (Å²) in [7, 11) is 1.28. The second kappa shape index (κ2) is 10.8. The van der Waals surface area contributed by atoms with Gasteiger partial charge in [-0.2, -0.15) is 0 Å². The fraction of sp³-hybridized carbons (Fsp3) is 0.310. The van der Waals surface area contributed by atoms with E-state index in [2.05, 4.69) is 29.6 Å². The van der Waals surface area contributed by atoms with E-state index in [0.717, 1.165) is 41.5 Å². The quantitative estimate of drug-likeness (QED) is 0.453. The normalized spacial score (nSPS) is 17.4. The maximum Gasteiger partial charge on any atom is 0.408 e. The summed E-state index contributed by atoms with van der Waals surface area (Å²) in [6, 6.07) is 22.2. The fourth-order valence-electron chi connectivity index (χ4n) is 4.85. The molecule has 0 bridgehead atoms. The van der Waals surface area contributed by atoms with Gasteiger partial charge in [0.25, 0.3) is 0 Å². The molecule has 186 valence electrons. The summed E-state index contributed by atoms with van der Waals surface area (Å²) in [6.07, 6.45) is 2.00. The van der Waals surface area contributed by atoms with Gasteiger partial charge >= 0.3 is 12.1 Å². The monoisotopic (exact) mass is 487 g/mol. The number of fused-ring (bicyclic) bond motifs is 3. The van der Waals surface area contributed by atoms with Crippen LogP contribution in [0.25, 0.3) is 11.1 Å². The number of hydrogen-bond acceptors (Lipinski definition) is 6. The van der Waals surface area contributed by atoms with Crippen molar-refractivity contribution >= 4 is 12.1 Å². The molecule has 1 fully saturated rings. The molecule has 1 heterocycles. The number of amides is 1. The van der Waals surface area contributed by atoms with Crippen LogP contribution >= 0.6 is 0 Å². The van der Waals surface area contributed by atoms with E-state index in [-0.39, 0.29) is 18.8 Å². The zero-order chi connectivity index (χ0) is 24.9. The van der Waals surface area contributed by atoms with Gasteiger partial charge in [-0.15, -0.1) is 0 Å². The lowest BCUT2D eigenvalue weighted by Crippen LogP contribution is -2.35. The predicted molar refractivity (Wildman–Crippen MR) is 134 cm³/mol. The first-order chi connectivity index (χ1) is 17.6. The van der Waals surface area contributed by atoms with Crippen molar-refractivity contribution in [2.24, 2.45) is 0 Å². The fourth-order valence-corrected chi connectivity index (χ4v) is 4.85. The van der Waals surface area contributed by atoms with E-state index < -0.39 is 18.1 Å². The average molecular weight is 488 g/mol. The van der Waals surface area contributed by atoms with Crippen LogP contribution in [-0.4, -0.2) is 38.7 Å². The largest absolute Gasteiger partial charge is 0.467 e. The van der Waals surface area contributed by atoms with E-state index in [1.54, 1.807) is 24.3 Å². The molecule has 1 amide bonds. The summed E-state index contributed by atoms with van der Waals surface area (Å²) in [6.45, 7) is 0.846. The number of carbonyl (C=O) groups is 2. The SMILES string of the molecule is COC(=O)[C@H](NC(=O)OCC1c2ccccc2-c2ccccc21)c1ccc(OC2CCCCO2)cc1. The van der Waals surface area contributed by atoms with Crippen LogP contribution in [0.2, 0.25) is 0 Å². The Labute approximate surface area is 210 Å². The Bertz CT molecular complexity index is 1170.